The van der Waals surface area contributed by atoms with Gasteiger partial charge in [-0.1, -0.05) is 48.5 Å². The minimum Gasteiger partial charge on any atom is -0.489 e. The summed E-state index contributed by atoms with van der Waals surface area (Å²) >= 11 is 4.69. The third-order valence-corrected chi connectivity index (χ3v) is 5.81. The van der Waals surface area contributed by atoms with Crippen molar-refractivity contribution in [2.75, 3.05) is 13.6 Å². The van der Waals surface area contributed by atoms with E-state index in [-0.39, 0.29) is 18.4 Å². The van der Waals surface area contributed by atoms with Crippen LogP contribution in [0.25, 0.3) is 0 Å². The number of nitrogens with zero attached hydrogens (tertiary/aromatic N) is 1. The van der Waals surface area contributed by atoms with E-state index < -0.39 is 0 Å². The maximum Gasteiger partial charge on any atom is 0.264 e. The third-order valence-electron chi connectivity index (χ3n) is 4.20. The van der Waals surface area contributed by atoms with Crippen molar-refractivity contribution < 1.29 is 14.3 Å². The highest BCUT2D eigenvalue weighted by atomic mass is 79.9. The fourth-order valence-corrected chi connectivity index (χ4v) is 4.06. The van der Waals surface area contributed by atoms with Crippen LogP contribution in [0, 0.1) is 0 Å². The van der Waals surface area contributed by atoms with Crippen molar-refractivity contribution >= 4 is 39.1 Å². The maximum atomic E-state index is 12.4. The fraction of sp³-hybridized carbons (Fsp3) is 0.182. The van der Waals surface area contributed by atoms with Gasteiger partial charge in [0.15, 0.2) is 0 Å². The van der Waals surface area contributed by atoms with Gasteiger partial charge in [0.05, 0.1) is 15.2 Å². The molecule has 0 aliphatic carbocycles. The molecule has 3 aromatic rings. The first kappa shape index (κ1) is 21.1. The van der Waals surface area contributed by atoms with Gasteiger partial charge < -0.3 is 15.0 Å². The van der Waals surface area contributed by atoms with Crippen molar-refractivity contribution in [3.63, 3.8) is 0 Å². The average Bonchev–Trinajstić information content (AvgIpc) is 3.17. The molecule has 3 rings (SSSR count). The van der Waals surface area contributed by atoms with Gasteiger partial charge in [0.2, 0.25) is 5.91 Å². The zero-order chi connectivity index (χ0) is 20.6. The normalized spacial score (nSPS) is 10.4. The summed E-state index contributed by atoms with van der Waals surface area (Å²) in [5, 5.41) is 2.86. The van der Waals surface area contributed by atoms with Crippen LogP contribution in [0.1, 0.15) is 20.8 Å². The number of amides is 2. The number of nitrogens with one attached hydrogen (secondary N) is 1. The lowest BCUT2D eigenvalue weighted by Gasteiger charge is -2.17. The molecular formula is C22H21BrN2O3S. The highest BCUT2D eigenvalue weighted by molar-refractivity contribution is 9.11. The summed E-state index contributed by atoms with van der Waals surface area (Å²) in [4.78, 5) is 26.7. The molecule has 1 aromatic heterocycles. The number of thiophene rings is 1. The topological polar surface area (TPSA) is 58.6 Å². The van der Waals surface area contributed by atoms with Crippen LogP contribution < -0.4 is 10.1 Å². The van der Waals surface area contributed by atoms with Crippen LogP contribution in [-0.2, 0) is 17.9 Å². The maximum absolute atomic E-state index is 12.4. The molecule has 1 heterocycles. The van der Waals surface area contributed by atoms with Crippen LogP contribution in [-0.4, -0.2) is 30.3 Å². The molecule has 0 aliphatic heterocycles. The molecule has 0 fully saturated rings. The Labute approximate surface area is 182 Å². The summed E-state index contributed by atoms with van der Waals surface area (Å²) in [7, 11) is 1.62. The Morgan fingerprint density at radius 2 is 1.76 bits per heavy atom. The molecule has 1 N–H and O–H groups in total. The molecule has 0 atom stereocenters. The number of likely N-dealkylation sites (N-methyl/N-ethyl adjacent to an activating group) is 1. The molecule has 0 saturated heterocycles. The molecule has 0 bridgehead atoms. The molecule has 2 aromatic carbocycles. The van der Waals surface area contributed by atoms with Crippen molar-refractivity contribution in [1.29, 1.82) is 0 Å². The summed E-state index contributed by atoms with van der Waals surface area (Å²) in [5.74, 6) is 0.321. The molecule has 0 radical (unpaired) electrons. The van der Waals surface area contributed by atoms with Crippen molar-refractivity contribution in [3.8, 4) is 5.75 Å². The summed E-state index contributed by atoms with van der Waals surface area (Å²) in [6, 6.07) is 21.1. The van der Waals surface area contributed by atoms with Crippen LogP contribution in [0.4, 0.5) is 0 Å². The smallest absolute Gasteiger partial charge is 0.264 e. The van der Waals surface area contributed by atoms with Gasteiger partial charge in [-0.15, -0.1) is 11.3 Å². The van der Waals surface area contributed by atoms with Crippen molar-refractivity contribution in [2.45, 2.75) is 13.2 Å². The van der Waals surface area contributed by atoms with Crippen molar-refractivity contribution in [3.05, 3.63) is 86.5 Å². The summed E-state index contributed by atoms with van der Waals surface area (Å²) in [5.41, 5.74) is 1.96. The van der Waals surface area contributed by atoms with E-state index in [0.29, 0.717) is 18.0 Å². The Kier molecular flexibility index (Phi) is 7.43. The zero-order valence-electron chi connectivity index (χ0n) is 15.9. The van der Waals surface area contributed by atoms with Crippen molar-refractivity contribution in [2.24, 2.45) is 0 Å². The minimum absolute atomic E-state index is 0.0125. The fourth-order valence-electron chi connectivity index (χ4n) is 2.68. The average molecular weight is 473 g/mol. The third kappa shape index (κ3) is 6.17. The second-order valence-corrected chi connectivity index (χ2v) is 8.89. The quantitative estimate of drug-likeness (QED) is 0.525. The summed E-state index contributed by atoms with van der Waals surface area (Å²) < 4.78 is 6.80. The van der Waals surface area contributed by atoms with E-state index in [4.69, 9.17) is 4.74 Å². The molecule has 29 heavy (non-hydrogen) atoms. The van der Waals surface area contributed by atoms with Crippen LogP contribution in [0.3, 0.4) is 0 Å². The van der Waals surface area contributed by atoms with Gasteiger partial charge in [0.1, 0.15) is 12.4 Å². The van der Waals surface area contributed by atoms with Crippen LogP contribution in [0.5, 0.6) is 5.75 Å². The van der Waals surface area contributed by atoms with E-state index in [1.54, 1.807) is 13.1 Å². The molecule has 0 spiro atoms. The number of hydrogen-bond donors (Lipinski definition) is 1. The number of rotatable bonds is 8. The highest BCUT2D eigenvalue weighted by Crippen LogP contribution is 2.23. The van der Waals surface area contributed by atoms with Gasteiger partial charge in [0.25, 0.3) is 5.91 Å². The monoisotopic (exact) mass is 472 g/mol. The lowest BCUT2D eigenvalue weighted by Crippen LogP contribution is -2.37. The van der Waals surface area contributed by atoms with Crippen molar-refractivity contribution in [1.82, 2.24) is 10.2 Å². The molecule has 7 heteroatoms. The van der Waals surface area contributed by atoms with E-state index in [0.717, 1.165) is 20.7 Å². The molecule has 5 nitrogen and oxygen atoms in total. The molecule has 2 amide bonds. The predicted molar refractivity (Wildman–Crippen MR) is 118 cm³/mol. The highest BCUT2D eigenvalue weighted by Gasteiger charge is 2.17. The van der Waals surface area contributed by atoms with Gasteiger partial charge in [-0.2, -0.15) is 0 Å². The summed E-state index contributed by atoms with van der Waals surface area (Å²) in [6.07, 6.45) is 0. The van der Waals surface area contributed by atoms with E-state index in [2.05, 4.69) is 21.2 Å². The number of carbonyl (C=O) groups excluding carboxylic acids is 2. The number of para-hydroxylation sites is 1. The second-order valence-electron chi connectivity index (χ2n) is 6.42. The number of hydrogen-bond acceptors (Lipinski definition) is 4. The number of benzene rings is 2. The Morgan fingerprint density at radius 3 is 2.48 bits per heavy atom. The van der Waals surface area contributed by atoms with Gasteiger partial charge in [0, 0.05) is 19.2 Å². The number of halogens is 1. The largest absolute Gasteiger partial charge is 0.489 e. The molecular weight excluding hydrogens is 452 g/mol. The number of ether oxygens (including phenoxy) is 1. The van der Waals surface area contributed by atoms with Crippen LogP contribution in [0.2, 0.25) is 0 Å². The Morgan fingerprint density at radius 1 is 1.03 bits per heavy atom. The van der Waals surface area contributed by atoms with E-state index in [1.807, 2.05) is 60.7 Å². The van der Waals surface area contributed by atoms with Gasteiger partial charge in [-0.25, -0.2) is 0 Å². The van der Waals surface area contributed by atoms with E-state index in [1.165, 1.54) is 16.2 Å². The standard InChI is InChI=1S/C22H21BrN2O3S/c1-25(22(27)19-11-12-20(23)29-19)14-21(26)24-13-17-9-5-6-10-18(17)28-15-16-7-3-2-4-8-16/h2-12H,13-15H2,1H3,(H,24,26). The molecule has 0 saturated carbocycles. The predicted octanol–water partition coefficient (Wildman–Crippen LogP) is 4.48. The lowest BCUT2D eigenvalue weighted by atomic mass is 10.2. The first-order chi connectivity index (χ1) is 14.0. The summed E-state index contributed by atoms with van der Waals surface area (Å²) in [6.45, 7) is 0.775. The van der Waals surface area contributed by atoms with Gasteiger partial charge in [-0.05, 0) is 39.7 Å². The van der Waals surface area contributed by atoms with E-state index in [9.17, 15) is 9.59 Å². The molecule has 150 valence electrons. The second kappa shape index (κ2) is 10.2. The Hall–Kier alpha value is -2.64. The lowest BCUT2D eigenvalue weighted by molar-refractivity contribution is -0.121. The SMILES string of the molecule is CN(CC(=O)NCc1ccccc1OCc1ccccc1)C(=O)c1ccc(Br)s1. The van der Waals surface area contributed by atoms with Crippen LogP contribution in [0.15, 0.2) is 70.5 Å². The Bertz CT molecular complexity index is 975. The minimum atomic E-state index is -0.227. The van der Waals surface area contributed by atoms with Gasteiger partial charge >= 0.3 is 0 Å². The van der Waals surface area contributed by atoms with Gasteiger partial charge in [-0.3, -0.25) is 9.59 Å². The van der Waals surface area contributed by atoms with E-state index >= 15 is 0 Å². The zero-order valence-corrected chi connectivity index (χ0v) is 18.3. The van der Waals surface area contributed by atoms with Crippen LogP contribution >= 0.6 is 27.3 Å². The Balaban J connectivity index is 1.52. The first-order valence-electron chi connectivity index (χ1n) is 9.05. The molecule has 0 unspecified atom stereocenters. The number of carbonyl (C=O) groups is 2. The molecule has 0 aliphatic rings. The first-order valence-corrected chi connectivity index (χ1v) is 10.7.